The van der Waals surface area contributed by atoms with E-state index in [0.717, 1.165) is 60.1 Å². The lowest BCUT2D eigenvalue weighted by Crippen LogP contribution is -2.20. The standard InChI is InChI=1S/C22H28N6O2/c1-15-12-19(27-28(15)20-6-4-5-11-30-20)25-21-17(14-24-22(23-2)26-21)13-16-7-9-18(29-3)10-8-16/h7-10,12,14,20H,4-6,11,13H2,1-3H3,(H2,23,24,25,26,27). The van der Waals surface area contributed by atoms with Crippen LogP contribution in [0.1, 0.15) is 42.3 Å². The Balaban J connectivity index is 1.58. The fourth-order valence-corrected chi connectivity index (χ4v) is 3.61. The first-order chi connectivity index (χ1) is 14.7. The van der Waals surface area contributed by atoms with E-state index >= 15 is 0 Å². The molecule has 1 fully saturated rings. The highest BCUT2D eigenvalue weighted by Crippen LogP contribution is 2.27. The zero-order chi connectivity index (χ0) is 20.9. The van der Waals surface area contributed by atoms with Crippen LogP contribution in [0.5, 0.6) is 5.75 Å². The predicted molar refractivity (Wildman–Crippen MR) is 116 cm³/mol. The number of nitrogens with zero attached hydrogens (tertiary/aromatic N) is 4. The second-order valence-corrected chi connectivity index (χ2v) is 7.40. The van der Waals surface area contributed by atoms with Crippen LogP contribution in [0.15, 0.2) is 36.5 Å². The third-order valence-corrected chi connectivity index (χ3v) is 5.24. The molecule has 0 spiro atoms. The Bertz CT molecular complexity index is 980. The summed E-state index contributed by atoms with van der Waals surface area (Å²) in [6.45, 7) is 2.84. The molecule has 0 radical (unpaired) electrons. The normalized spacial score (nSPS) is 16.3. The minimum absolute atomic E-state index is 0.00587. The van der Waals surface area contributed by atoms with Crippen LogP contribution in [-0.2, 0) is 11.2 Å². The molecule has 1 aliphatic rings. The van der Waals surface area contributed by atoms with E-state index in [1.807, 2.05) is 55.2 Å². The average Bonchev–Trinajstić information content (AvgIpc) is 3.16. The lowest BCUT2D eigenvalue weighted by Gasteiger charge is -2.23. The fourth-order valence-electron chi connectivity index (χ4n) is 3.61. The van der Waals surface area contributed by atoms with Crippen LogP contribution in [0.25, 0.3) is 0 Å². The van der Waals surface area contributed by atoms with Gasteiger partial charge in [0.1, 0.15) is 11.6 Å². The van der Waals surface area contributed by atoms with Gasteiger partial charge in [0.15, 0.2) is 12.0 Å². The Morgan fingerprint density at radius 1 is 1.23 bits per heavy atom. The van der Waals surface area contributed by atoms with Crippen molar-refractivity contribution in [3.8, 4) is 5.75 Å². The zero-order valence-electron chi connectivity index (χ0n) is 17.7. The van der Waals surface area contributed by atoms with Crippen molar-refractivity contribution in [1.29, 1.82) is 0 Å². The van der Waals surface area contributed by atoms with Crippen molar-refractivity contribution < 1.29 is 9.47 Å². The van der Waals surface area contributed by atoms with Crippen LogP contribution in [0.4, 0.5) is 17.6 Å². The molecule has 0 saturated carbocycles. The number of nitrogens with one attached hydrogen (secondary N) is 2. The first-order valence-electron chi connectivity index (χ1n) is 10.3. The summed E-state index contributed by atoms with van der Waals surface area (Å²) in [6.07, 6.45) is 5.82. The van der Waals surface area contributed by atoms with Crippen molar-refractivity contribution >= 4 is 17.6 Å². The van der Waals surface area contributed by atoms with E-state index < -0.39 is 0 Å². The number of ether oxygens (including phenoxy) is 2. The quantitative estimate of drug-likeness (QED) is 0.609. The average molecular weight is 409 g/mol. The SMILES string of the molecule is CNc1ncc(Cc2ccc(OC)cc2)c(Nc2cc(C)n(C3CCCCO3)n2)n1. The Morgan fingerprint density at radius 3 is 2.77 bits per heavy atom. The van der Waals surface area contributed by atoms with Gasteiger partial charge < -0.3 is 20.1 Å². The van der Waals surface area contributed by atoms with Gasteiger partial charge in [-0.2, -0.15) is 10.1 Å². The molecule has 0 amide bonds. The molecule has 4 rings (SSSR count). The molecular formula is C22H28N6O2. The number of hydrogen-bond donors (Lipinski definition) is 2. The van der Waals surface area contributed by atoms with Gasteiger partial charge in [0.25, 0.3) is 0 Å². The molecule has 1 aliphatic heterocycles. The third kappa shape index (κ3) is 4.54. The minimum atomic E-state index is 0.00587. The van der Waals surface area contributed by atoms with Crippen molar-refractivity contribution in [1.82, 2.24) is 19.7 Å². The number of aromatic nitrogens is 4. The summed E-state index contributed by atoms with van der Waals surface area (Å²) < 4.78 is 13.1. The Morgan fingerprint density at radius 2 is 2.07 bits per heavy atom. The van der Waals surface area contributed by atoms with Crippen LogP contribution >= 0.6 is 0 Å². The number of rotatable bonds is 7. The molecule has 2 aromatic heterocycles. The van der Waals surface area contributed by atoms with E-state index in [4.69, 9.17) is 14.6 Å². The van der Waals surface area contributed by atoms with E-state index in [9.17, 15) is 0 Å². The van der Waals surface area contributed by atoms with E-state index in [-0.39, 0.29) is 6.23 Å². The van der Waals surface area contributed by atoms with Gasteiger partial charge >= 0.3 is 0 Å². The molecular weight excluding hydrogens is 380 g/mol. The lowest BCUT2D eigenvalue weighted by molar-refractivity contribution is -0.0404. The van der Waals surface area contributed by atoms with Crippen LogP contribution < -0.4 is 15.4 Å². The van der Waals surface area contributed by atoms with Gasteiger partial charge in [-0.3, -0.25) is 0 Å². The molecule has 1 atom stereocenters. The van der Waals surface area contributed by atoms with Crippen LogP contribution in [0, 0.1) is 6.92 Å². The molecule has 3 heterocycles. The molecule has 3 aromatic rings. The second-order valence-electron chi connectivity index (χ2n) is 7.40. The van der Waals surface area contributed by atoms with Crippen molar-refractivity contribution in [3.63, 3.8) is 0 Å². The summed E-state index contributed by atoms with van der Waals surface area (Å²) >= 11 is 0. The molecule has 1 unspecified atom stereocenters. The molecule has 1 aromatic carbocycles. The van der Waals surface area contributed by atoms with Crippen LogP contribution in [0.2, 0.25) is 0 Å². The largest absolute Gasteiger partial charge is 0.497 e. The predicted octanol–water partition coefficient (Wildman–Crippen LogP) is 4.07. The fraction of sp³-hybridized carbons (Fsp3) is 0.409. The first kappa shape index (κ1) is 20.2. The highest BCUT2D eigenvalue weighted by Gasteiger charge is 2.19. The molecule has 8 heteroatoms. The van der Waals surface area contributed by atoms with E-state index in [2.05, 4.69) is 20.6 Å². The highest BCUT2D eigenvalue weighted by molar-refractivity contribution is 5.58. The molecule has 30 heavy (non-hydrogen) atoms. The summed E-state index contributed by atoms with van der Waals surface area (Å²) in [5.41, 5.74) is 3.20. The maximum atomic E-state index is 5.89. The smallest absolute Gasteiger partial charge is 0.224 e. The van der Waals surface area contributed by atoms with Gasteiger partial charge in [-0.1, -0.05) is 12.1 Å². The Kier molecular flexibility index (Phi) is 6.13. The Hall–Kier alpha value is -3.13. The first-order valence-corrected chi connectivity index (χ1v) is 10.3. The summed E-state index contributed by atoms with van der Waals surface area (Å²) in [5, 5.41) is 11.1. The Labute approximate surface area is 176 Å². The van der Waals surface area contributed by atoms with Gasteiger partial charge in [0.2, 0.25) is 5.95 Å². The molecule has 0 aliphatic carbocycles. The van der Waals surface area contributed by atoms with E-state index in [1.165, 1.54) is 0 Å². The monoisotopic (exact) mass is 408 g/mol. The van der Waals surface area contributed by atoms with Crippen LogP contribution in [0.3, 0.4) is 0 Å². The number of anilines is 3. The van der Waals surface area contributed by atoms with Crippen molar-refractivity contribution in [2.75, 3.05) is 31.4 Å². The maximum Gasteiger partial charge on any atom is 0.224 e. The van der Waals surface area contributed by atoms with Crippen molar-refractivity contribution in [2.45, 2.75) is 38.8 Å². The number of methoxy groups -OCH3 is 1. The van der Waals surface area contributed by atoms with Gasteiger partial charge in [-0.05, 0) is 43.9 Å². The summed E-state index contributed by atoms with van der Waals surface area (Å²) in [5.74, 6) is 2.88. The lowest BCUT2D eigenvalue weighted by atomic mass is 10.1. The van der Waals surface area contributed by atoms with Gasteiger partial charge in [0.05, 0.1) is 7.11 Å². The summed E-state index contributed by atoms with van der Waals surface area (Å²) in [6, 6.07) is 10.0. The van der Waals surface area contributed by atoms with Crippen molar-refractivity contribution in [3.05, 3.63) is 53.3 Å². The third-order valence-electron chi connectivity index (χ3n) is 5.24. The van der Waals surface area contributed by atoms with Gasteiger partial charge in [-0.25, -0.2) is 9.67 Å². The molecule has 0 bridgehead atoms. The number of hydrogen-bond acceptors (Lipinski definition) is 7. The molecule has 158 valence electrons. The van der Waals surface area contributed by atoms with E-state index in [1.54, 1.807) is 7.11 Å². The summed E-state index contributed by atoms with van der Waals surface area (Å²) in [4.78, 5) is 9.02. The summed E-state index contributed by atoms with van der Waals surface area (Å²) in [7, 11) is 3.47. The minimum Gasteiger partial charge on any atom is -0.497 e. The number of aryl methyl sites for hydroxylation is 1. The molecule has 2 N–H and O–H groups in total. The van der Waals surface area contributed by atoms with Gasteiger partial charge in [0, 0.05) is 43.6 Å². The zero-order valence-corrected chi connectivity index (χ0v) is 17.7. The topological polar surface area (TPSA) is 86.1 Å². The van der Waals surface area contributed by atoms with Crippen LogP contribution in [-0.4, -0.2) is 40.5 Å². The number of benzene rings is 1. The highest BCUT2D eigenvalue weighted by atomic mass is 16.5. The molecule has 8 nitrogen and oxygen atoms in total. The van der Waals surface area contributed by atoms with E-state index in [0.29, 0.717) is 12.4 Å². The van der Waals surface area contributed by atoms with Crippen molar-refractivity contribution in [2.24, 2.45) is 0 Å². The maximum absolute atomic E-state index is 5.89. The van der Waals surface area contributed by atoms with Gasteiger partial charge in [-0.15, -0.1) is 0 Å². The second kappa shape index (κ2) is 9.13. The molecule has 1 saturated heterocycles.